The van der Waals surface area contributed by atoms with Crippen LogP contribution >= 0.6 is 11.3 Å². The second kappa shape index (κ2) is 8.99. The average Bonchev–Trinajstić information content (AvgIpc) is 3.09. The van der Waals surface area contributed by atoms with E-state index < -0.39 is 0 Å². The van der Waals surface area contributed by atoms with Crippen LogP contribution in [0.1, 0.15) is 27.2 Å². The third-order valence-electron chi connectivity index (χ3n) is 3.98. The van der Waals surface area contributed by atoms with Crippen molar-refractivity contribution < 1.29 is 5.11 Å². The number of nitrogen functional groups attached to an aromatic ring is 1. The van der Waals surface area contributed by atoms with Crippen molar-refractivity contribution in [2.24, 2.45) is 0 Å². The Kier molecular flexibility index (Phi) is 6.43. The Hall–Kier alpha value is -2.71. The number of nitrogens with zero attached hydrogens (tertiary/aromatic N) is 3. The Bertz CT molecular complexity index is 925. The van der Waals surface area contributed by atoms with E-state index in [1.54, 1.807) is 18.3 Å². The van der Waals surface area contributed by atoms with Crippen molar-refractivity contribution in [1.82, 2.24) is 15.0 Å². The van der Waals surface area contributed by atoms with E-state index in [2.05, 4.69) is 39.4 Å². The minimum atomic E-state index is -0.383. The predicted octanol–water partition coefficient (Wildman–Crippen LogP) is 3.85. The van der Waals surface area contributed by atoms with Crippen molar-refractivity contribution in [3.8, 4) is 21.8 Å². The van der Waals surface area contributed by atoms with Gasteiger partial charge in [0.1, 0.15) is 0 Å². The van der Waals surface area contributed by atoms with Crippen molar-refractivity contribution in [2.45, 2.75) is 39.3 Å². The molecule has 2 aromatic heterocycles. The maximum atomic E-state index is 9.50. The number of aromatic nitrogens is 3. The van der Waals surface area contributed by atoms with Gasteiger partial charge in [0.15, 0.2) is 5.13 Å². The van der Waals surface area contributed by atoms with Crippen LogP contribution in [-0.2, 0) is 0 Å². The molecule has 2 heterocycles. The molecule has 0 amide bonds. The minimum absolute atomic E-state index is 0.307. The fourth-order valence-electron chi connectivity index (χ4n) is 2.62. The number of anilines is 3. The Morgan fingerprint density at radius 1 is 1.14 bits per heavy atom. The van der Waals surface area contributed by atoms with Crippen molar-refractivity contribution in [3.05, 3.63) is 36.5 Å². The van der Waals surface area contributed by atoms with E-state index in [1.807, 2.05) is 36.5 Å². The molecule has 148 valence electrons. The zero-order chi connectivity index (χ0) is 20.1. The quantitative estimate of drug-likeness (QED) is 0.427. The number of hydrogen-bond donors (Lipinski definition) is 4. The first-order chi connectivity index (χ1) is 13.4. The molecule has 28 heavy (non-hydrogen) atoms. The van der Waals surface area contributed by atoms with E-state index in [9.17, 15) is 5.11 Å². The molecule has 0 aliphatic heterocycles. The summed E-state index contributed by atoms with van der Waals surface area (Å²) in [5.41, 5.74) is 9.20. The first-order valence-electron chi connectivity index (χ1n) is 9.31. The van der Waals surface area contributed by atoms with Gasteiger partial charge in [-0.3, -0.25) is 0 Å². The molecule has 0 radical (unpaired) electrons. The van der Waals surface area contributed by atoms with Gasteiger partial charge >= 0.3 is 0 Å². The van der Waals surface area contributed by atoms with E-state index in [4.69, 9.17) is 5.73 Å². The Balaban J connectivity index is 1.97. The number of aliphatic hydroxyl groups is 1. The molecule has 3 aromatic rings. The molecule has 1 unspecified atom stereocenters. The van der Waals surface area contributed by atoms with Crippen LogP contribution in [0.25, 0.3) is 21.8 Å². The van der Waals surface area contributed by atoms with Crippen molar-refractivity contribution in [2.75, 3.05) is 22.9 Å². The number of thiazole rings is 1. The lowest BCUT2D eigenvalue weighted by Gasteiger charge is -2.11. The summed E-state index contributed by atoms with van der Waals surface area (Å²) in [6.07, 6.45) is 2.04. The molecular formula is C20H26N6OS. The molecule has 0 bridgehead atoms. The van der Waals surface area contributed by atoms with E-state index in [-0.39, 0.29) is 6.10 Å². The standard InChI is InChI=1S/C20H26N6OS/c1-12(2)24-20-23-11-18(28-20)17-10-16(14-6-4-5-7-15(14)21)25-19(26-17)22-9-8-13(3)27/h4-7,10-13,27H,8-9,21H2,1-3H3,(H,23,24)(H,22,25,26). The number of nitrogens with two attached hydrogens (primary N) is 1. The van der Waals surface area contributed by atoms with Gasteiger partial charge in [0.25, 0.3) is 0 Å². The van der Waals surface area contributed by atoms with Crippen molar-refractivity contribution in [3.63, 3.8) is 0 Å². The highest BCUT2D eigenvalue weighted by atomic mass is 32.1. The van der Waals surface area contributed by atoms with Gasteiger partial charge in [-0.2, -0.15) is 0 Å². The van der Waals surface area contributed by atoms with Gasteiger partial charge in [-0.1, -0.05) is 29.5 Å². The lowest BCUT2D eigenvalue weighted by atomic mass is 10.1. The lowest BCUT2D eigenvalue weighted by Crippen LogP contribution is -2.12. The van der Waals surface area contributed by atoms with Crippen LogP contribution in [-0.4, -0.2) is 38.7 Å². The van der Waals surface area contributed by atoms with Crippen LogP contribution < -0.4 is 16.4 Å². The van der Waals surface area contributed by atoms with Crippen molar-refractivity contribution >= 4 is 28.1 Å². The van der Waals surface area contributed by atoms with Gasteiger partial charge in [-0.15, -0.1) is 0 Å². The van der Waals surface area contributed by atoms with Crippen molar-refractivity contribution in [1.29, 1.82) is 0 Å². The molecule has 0 fully saturated rings. The maximum Gasteiger partial charge on any atom is 0.223 e. The summed E-state index contributed by atoms with van der Waals surface area (Å²) in [7, 11) is 0. The number of rotatable bonds is 8. The zero-order valence-corrected chi connectivity index (χ0v) is 17.1. The number of hydrogen-bond acceptors (Lipinski definition) is 8. The Morgan fingerprint density at radius 3 is 2.61 bits per heavy atom. The van der Waals surface area contributed by atoms with Gasteiger partial charge in [-0.25, -0.2) is 15.0 Å². The van der Waals surface area contributed by atoms with Gasteiger partial charge in [0, 0.05) is 30.0 Å². The topological polar surface area (TPSA) is 109 Å². The summed E-state index contributed by atoms with van der Waals surface area (Å²) in [5, 5.41) is 16.9. The van der Waals surface area contributed by atoms with Gasteiger partial charge in [0.2, 0.25) is 5.95 Å². The third kappa shape index (κ3) is 5.17. The Morgan fingerprint density at radius 2 is 1.89 bits per heavy atom. The highest BCUT2D eigenvalue weighted by Crippen LogP contribution is 2.32. The molecule has 0 aliphatic carbocycles. The fraction of sp³-hybridized carbons (Fsp3) is 0.350. The molecule has 7 nitrogen and oxygen atoms in total. The predicted molar refractivity (Wildman–Crippen MR) is 117 cm³/mol. The zero-order valence-electron chi connectivity index (χ0n) is 16.3. The Labute approximate surface area is 169 Å². The summed E-state index contributed by atoms with van der Waals surface area (Å²) < 4.78 is 0. The first kappa shape index (κ1) is 20.0. The molecule has 0 spiro atoms. The summed E-state index contributed by atoms with van der Waals surface area (Å²) >= 11 is 1.55. The minimum Gasteiger partial charge on any atom is -0.398 e. The molecule has 3 rings (SSSR count). The van der Waals surface area contributed by atoms with Crippen LogP contribution in [0.15, 0.2) is 36.5 Å². The highest BCUT2D eigenvalue weighted by molar-refractivity contribution is 7.18. The largest absolute Gasteiger partial charge is 0.398 e. The number of aliphatic hydroxyl groups excluding tert-OH is 1. The average molecular weight is 399 g/mol. The SMILES string of the molecule is CC(O)CCNc1nc(-c2cnc(NC(C)C)s2)cc(-c2ccccc2N)n1. The molecule has 0 saturated carbocycles. The smallest absolute Gasteiger partial charge is 0.223 e. The number of nitrogens with one attached hydrogen (secondary N) is 2. The summed E-state index contributed by atoms with van der Waals surface area (Å²) in [6, 6.07) is 9.87. The molecule has 8 heteroatoms. The molecule has 5 N–H and O–H groups in total. The van der Waals surface area contributed by atoms with E-state index in [1.165, 1.54) is 0 Å². The molecule has 0 saturated heterocycles. The summed E-state index contributed by atoms with van der Waals surface area (Å²) in [4.78, 5) is 14.7. The second-order valence-corrected chi connectivity index (χ2v) is 7.97. The molecular weight excluding hydrogens is 372 g/mol. The maximum absolute atomic E-state index is 9.50. The monoisotopic (exact) mass is 398 g/mol. The number of benzene rings is 1. The number of para-hydroxylation sites is 1. The van der Waals surface area contributed by atoms with E-state index in [0.717, 1.165) is 27.0 Å². The van der Waals surface area contributed by atoms with Crippen LogP contribution in [0.2, 0.25) is 0 Å². The highest BCUT2D eigenvalue weighted by Gasteiger charge is 2.13. The van der Waals surface area contributed by atoms with Crippen LogP contribution in [0, 0.1) is 0 Å². The third-order valence-corrected chi connectivity index (χ3v) is 4.93. The van der Waals surface area contributed by atoms with E-state index in [0.29, 0.717) is 30.6 Å². The van der Waals surface area contributed by atoms with Gasteiger partial charge < -0.3 is 21.5 Å². The lowest BCUT2D eigenvalue weighted by molar-refractivity contribution is 0.188. The normalized spacial score (nSPS) is 12.2. The molecule has 1 atom stereocenters. The summed E-state index contributed by atoms with van der Waals surface area (Å²) in [5.74, 6) is 0.503. The van der Waals surface area contributed by atoms with Gasteiger partial charge in [0.05, 0.1) is 22.4 Å². The van der Waals surface area contributed by atoms with Crippen LogP contribution in [0.4, 0.5) is 16.8 Å². The fourth-order valence-corrected chi connectivity index (χ4v) is 3.54. The van der Waals surface area contributed by atoms with Gasteiger partial charge in [-0.05, 0) is 39.3 Å². The first-order valence-corrected chi connectivity index (χ1v) is 10.1. The second-order valence-electron chi connectivity index (χ2n) is 6.94. The van der Waals surface area contributed by atoms with E-state index >= 15 is 0 Å². The van der Waals surface area contributed by atoms with Crippen LogP contribution in [0.3, 0.4) is 0 Å². The molecule has 1 aromatic carbocycles. The molecule has 0 aliphatic rings. The van der Waals surface area contributed by atoms with Crippen LogP contribution in [0.5, 0.6) is 0 Å². The summed E-state index contributed by atoms with van der Waals surface area (Å²) in [6.45, 7) is 6.49.